The molecule has 1 fully saturated rings. The number of amides is 1. The SMILES string of the molecule is COc1cc(Cl)cc(Cl)c1[C@H]1[C@H](C(=O)O)c2ccccc2C(=O)N1[C@@H]1CCCC[C@H]1NS(C)(=O)=O. The largest absolute Gasteiger partial charge is 0.496 e. The molecule has 35 heavy (non-hydrogen) atoms. The molecule has 11 heteroatoms. The topological polar surface area (TPSA) is 113 Å². The number of aliphatic carboxylic acids is 1. The molecule has 4 atom stereocenters. The standard InChI is InChI=1S/C24H26Cl2N2O6S/c1-34-19-12-13(25)11-16(26)21(19)22-20(24(30)31)14-7-3-4-8-15(14)23(29)28(22)18-10-6-5-9-17(18)27-35(2,32)33/h3-4,7-8,11-12,17-18,20,22,27H,5-6,9-10H2,1-2H3,(H,30,31)/t17-,18-,20-,22-/m1/s1. The second kappa shape index (κ2) is 9.97. The van der Waals surface area contributed by atoms with Crippen LogP contribution < -0.4 is 9.46 Å². The van der Waals surface area contributed by atoms with Gasteiger partial charge in [0.25, 0.3) is 5.91 Å². The predicted molar refractivity (Wildman–Crippen MR) is 133 cm³/mol. The van der Waals surface area contributed by atoms with E-state index in [0.717, 1.165) is 19.1 Å². The molecule has 0 bridgehead atoms. The fourth-order valence-corrected chi connectivity index (χ4v) is 6.77. The first-order valence-electron chi connectivity index (χ1n) is 11.2. The predicted octanol–water partition coefficient (Wildman–Crippen LogP) is 4.23. The average molecular weight is 541 g/mol. The number of rotatable bonds is 6. The van der Waals surface area contributed by atoms with E-state index >= 15 is 0 Å². The van der Waals surface area contributed by atoms with Gasteiger partial charge in [-0.05, 0) is 36.6 Å². The molecular weight excluding hydrogens is 515 g/mol. The molecule has 2 N–H and O–H groups in total. The van der Waals surface area contributed by atoms with Crippen molar-refractivity contribution in [1.29, 1.82) is 0 Å². The van der Waals surface area contributed by atoms with Gasteiger partial charge in [-0.25, -0.2) is 13.1 Å². The van der Waals surface area contributed by atoms with Crippen LogP contribution in [0.3, 0.4) is 0 Å². The highest BCUT2D eigenvalue weighted by Gasteiger charge is 2.50. The summed E-state index contributed by atoms with van der Waals surface area (Å²) in [6, 6.07) is 7.36. The molecule has 0 aromatic heterocycles. The Kier molecular flexibility index (Phi) is 7.33. The van der Waals surface area contributed by atoms with Gasteiger partial charge in [0.2, 0.25) is 10.0 Å². The van der Waals surface area contributed by atoms with Crippen molar-refractivity contribution in [1.82, 2.24) is 9.62 Å². The molecule has 0 unspecified atom stereocenters. The van der Waals surface area contributed by atoms with E-state index in [1.165, 1.54) is 24.1 Å². The molecular formula is C24H26Cl2N2O6S. The molecule has 1 heterocycles. The number of halogens is 2. The summed E-state index contributed by atoms with van der Waals surface area (Å²) >= 11 is 12.8. The summed E-state index contributed by atoms with van der Waals surface area (Å²) < 4.78 is 32.5. The minimum Gasteiger partial charge on any atom is -0.496 e. The van der Waals surface area contributed by atoms with Gasteiger partial charge in [-0.1, -0.05) is 54.2 Å². The molecule has 0 radical (unpaired) electrons. The number of carbonyl (C=O) groups is 2. The van der Waals surface area contributed by atoms with Crippen molar-refractivity contribution in [3.05, 3.63) is 63.1 Å². The van der Waals surface area contributed by atoms with Gasteiger partial charge in [0.15, 0.2) is 0 Å². The first-order chi connectivity index (χ1) is 16.5. The minimum absolute atomic E-state index is 0.159. The normalized spacial score (nSPS) is 24.7. The number of nitrogens with one attached hydrogen (secondary N) is 1. The van der Waals surface area contributed by atoms with Gasteiger partial charge < -0.3 is 14.7 Å². The number of fused-ring (bicyclic) bond motifs is 1. The van der Waals surface area contributed by atoms with Crippen LogP contribution in [-0.4, -0.2) is 55.7 Å². The van der Waals surface area contributed by atoms with Crippen LogP contribution in [0.25, 0.3) is 0 Å². The molecule has 1 amide bonds. The van der Waals surface area contributed by atoms with E-state index in [1.807, 2.05) is 0 Å². The zero-order valence-corrected chi connectivity index (χ0v) is 21.5. The van der Waals surface area contributed by atoms with E-state index in [0.29, 0.717) is 29.0 Å². The fraction of sp³-hybridized carbons (Fsp3) is 0.417. The maximum Gasteiger partial charge on any atom is 0.313 e. The zero-order valence-electron chi connectivity index (χ0n) is 19.2. The van der Waals surface area contributed by atoms with E-state index in [-0.39, 0.29) is 22.2 Å². The summed E-state index contributed by atoms with van der Waals surface area (Å²) in [5.74, 6) is -2.45. The Bertz CT molecular complexity index is 1270. The number of sulfonamides is 1. The van der Waals surface area contributed by atoms with E-state index in [9.17, 15) is 23.1 Å². The molecule has 0 saturated heterocycles. The van der Waals surface area contributed by atoms with Crippen LogP contribution in [0.2, 0.25) is 10.0 Å². The minimum atomic E-state index is -3.58. The number of hydrogen-bond acceptors (Lipinski definition) is 5. The zero-order chi connectivity index (χ0) is 25.5. The van der Waals surface area contributed by atoms with Crippen LogP contribution in [0.4, 0.5) is 0 Å². The van der Waals surface area contributed by atoms with E-state index in [2.05, 4.69) is 4.72 Å². The number of nitrogens with zero attached hydrogens (tertiary/aromatic N) is 1. The number of carbonyl (C=O) groups excluding carboxylic acids is 1. The Morgan fingerprint density at radius 2 is 1.86 bits per heavy atom. The highest BCUT2D eigenvalue weighted by atomic mass is 35.5. The van der Waals surface area contributed by atoms with Crippen molar-refractivity contribution >= 4 is 45.1 Å². The second-order valence-corrected chi connectivity index (χ2v) is 11.5. The van der Waals surface area contributed by atoms with Crippen molar-refractivity contribution in [3.63, 3.8) is 0 Å². The number of ether oxygens (including phenoxy) is 1. The third-order valence-electron chi connectivity index (χ3n) is 6.67. The van der Waals surface area contributed by atoms with Gasteiger partial charge in [0, 0.05) is 28.2 Å². The van der Waals surface area contributed by atoms with Gasteiger partial charge in [-0.15, -0.1) is 0 Å². The van der Waals surface area contributed by atoms with Gasteiger partial charge >= 0.3 is 5.97 Å². The fourth-order valence-electron chi connectivity index (χ4n) is 5.36. The summed E-state index contributed by atoms with van der Waals surface area (Å²) in [4.78, 5) is 28.3. The summed E-state index contributed by atoms with van der Waals surface area (Å²) in [5.41, 5.74) is 0.948. The third kappa shape index (κ3) is 5.00. The van der Waals surface area contributed by atoms with Crippen LogP contribution in [0, 0.1) is 0 Å². The quantitative estimate of drug-likeness (QED) is 0.566. The Labute approximate surface area is 214 Å². The maximum absolute atomic E-state index is 14.0. The number of methoxy groups -OCH3 is 1. The van der Waals surface area contributed by atoms with Crippen LogP contribution in [0.15, 0.2) is 36.4 Å². The molecule has 2 aliphatic rings. The Balaban J connectivity index is 1.99. The lowest BCUT2D eigenvalue weighted by Gasteiger charge is -2.48. The lowest BCUT2D eigenvalue weighted by Crippen LogP contribution is -2.58. The van der Waals surface area contributed by atoms with Crippen molar-refractivity contribution in [2.75, 3.05) is 13.4 Å². The second-order valence-electron chi connectivity index (χ2n) is 8.91. The lowest BCUT2D eigenvalue weighted by molar-refractivity contribution is -0.141. The Morgan fingerprint density at radius 3 is 2.51 bits per heavy atom. The molecule has 1 aliphatic heterocycles. The summed E-state index contributed by atoms with van der Waals surface area (Å²) in [6.07, 6.45) is 3.62. The maximum atomic E-state index is 14.0. The van der Waals surface area contributed by atoms with E-state index in [1.54, 1.807) is 24.3 Å². The smallest absolute Gasteiger partial charge is 0.313 e. The monoisotopic (exact) mass is 540 g/mol. The van der Waals surface area contributed by atoms with E-state index in [4.69, 9.17) is 27.9 Å². The molecule has 0 spiro atoms. The number of benzene rings is 2. The van der Waals surface area contributed by atoms with Crippen molar-refractivity contribution in [2.24, 2.45) is 0 Å². The number of carboxylic acid groups (broad SMARTS) is 1. The molecule has 2 aromatic rings. The van der Waals surface area contributed by atoms with Crippen LogP contribution in [0.1, 0.15) is 59.1 Å². The molecule has 2 aromatic carbocycles. The van der Waals surface area contributed by atoms with E-state index < -0.39 is 40.0 Å². The molecule has 1 aliphatic carbocycles. The van der Waals surface area contributed by atoms with Crippen LogP contribution in [0.5, 0.6) is 5.75 Å². The first-order valence-corrected chi connectivity index (χ1v) is 13.8. The van der Waals surface area contributed by atoms with Crippen molar-refractivity contribution < 1.29 is 27.9 Å². The van der Waals surface area contributed by atoms with Crippen LogP contribution in [-0.2, 0) is 14.8 Å². The van der Waals surface area contributed by atoms with Crippen molar-refractivity contribution in [2.45, 2.75) is 49.7 Å². The number of hydrogen-bond donors (Lipinski definition) is 2. The van der Waals surface area contributed by atoms with Crippen molar-refractivity contribution in [3.8, 4) is 5.75 Å². The van der Waals surface area contributed by atoms with Gasteiger partial charge in [0.1, 0.15) is 11.7 Å². The van der Waals surface area contributed by atoms with Gasteiger partial charge in [-0.3, -0.25) is 9.59 Å². The van der Waals surface area contributed by atoms with Crippen LogP contribution >= 0.6 is 23.2 Å². The molecule has 188 valence electrons. The number of carboxylic acids is 1. The first kappa shape index (κ1) is 25.8. The molecule has 1 saturated carbocycles. The molecule has 4 rings (SSSR count). The molecule has 8 nitrogen and oxygen atoms in total. The summed E-state index contributed by atoms with van der Waals surface area (Å²) in [6.45, 7) is 0. The van der Waals surface area contributed by atoms with Gasteiger partial charge in [-0.2, -0.15) is 0 Å². The highest BCUT2D eigenvalue weighted by Crippen LogP contribution is 2.50. The Morgan fingerprint density at radius 1 is 1.17 bits per heavy atom. The lowest BCUT2D eigenvalue weighted by atomic mass is 9.76. The highest BCUT2D eigenvalue weighted by molar-refractivity contribution is 7.88. The third-order valence-corrected chi connectivity index (χ3v) is 7.93. The summed E-state index contributed by atoms with van der Waals surface area (Å²) in [5, 5.41) is 10.9. The Hall–Kier alpha value is -2.33. The summed E-state index contributed by atoms with van der Waals surface area (Å²) in [7, 11) is -2.17. The average Bonchev–Trinajstić information content (AvgIpc) is 2.78. The van der Waals surface area contributed by atoms with Gasteiger partial charge in [0.05, 0.1) is 24.4 Å².